The van der Waals surface area contributed by atoms with E-state index in [1.807, 2.05) is 30.3 Å². The first-order valence-electron chi connectivity index (χ1n) is 7.74. The molecule has 2 aromatic carbocycles. The number of halogens is 1. The predicted octanol–water partition coefficient (Wildman–Crippen LogP) is 5.27. The minimum Gasteiger partial charge on any atom is -0.484 e. The van der Waals surface area contributed by atoms with Crippen LogP contribution in [0, 0.1) is 0 Å². The zero-order chi connectivity index (χ0) is 17.2. The molecule has 0 aliphatic rings. The number of rotatable bonds is 4. The fraction of sp³-hybridized carbons (Fsp3) is 0.263. The third kappa shape index (κ3) is 3.77. The van der Waals surface area contributed by atoms with Crippen LogP contribution in [0.2, 0.25) is 5.02 Å². The first-order valence-corrected chi connectivity index (χ1v) is 8.12. The molecule has 5 heteroatoms. The lowest BCUT2D eigenvalue weighted by atomic mass is 9.87. The Hall–Kier alpha value is -2.33. The van der Waals surface area contributed by atoms with Gasteiger partial charge in [-0.05, 0) is 35.2 Å². The number of benzene rings is 2. The van der Waals surface area contributed by atoms with E-state index < -0.39 is 0 Å². The highest BCUT2D eigenvalue weighted by Crippen LogP contribution is 2.27. The van der Waals surface area contributed by atoms with E-state index in [4.69, 9.17) is 20.8 Å². The van der Waals surface area contributed by atoms with Crippen molar-refractivity contribution in [2.75, 3.05) is 0 Å². The number of hydrogen-bond acceptors (Lipinski definition) is 4. The minimum atomic E-state index is 0.120. The molecular weight excluding hydrogens is 324 g/mol. The Balaban J connectivity index is 1.67. The van der Waals surface area contributed by atoms with Gasteiger partial charge in [0.2, 0.25) is 5.89 Å². The second kappa shape index (κ2) is 6.65. The quantitative estimate of drug-likeness (QED) is 0.648. The Labute approximate surface area is 146 Å². The molecule has 24 heavy (non-hydrogen) atoms. The highest BCUT2D eigenvalue weighted by molar-refractivity contribution is 6.33. The Morgan fingerprint density at radius 1 is 1.00 bits per heavy atom. The molecule has 0 atom stereocenters. The van der Waals surface area contributed by atoms with E-state index in [0.717, 1.165) is 5.75 Å². The molecule has 0 bridgehead atoms. The van der Waals surface area contributed by atoms with Gasteiger partial charge in [0.1, 0.15) is 5.75 Å². The van der Waals surface area contributed by atoms with Gasteiger partial charge in [-0.25, -0.2) is 0 Å². The van der Waals surface area contributed by atoms with Crippen LogP contribution in [-0.2, 0) is 12.0 Å². The normalized spacial score (nSPS) is 11.5. The lowest BCUT2D eigenvalue weighted by molar-refractivity contribution is 0.264. The van der Waals surface area contributed by atoms with Crippen LogP contribution in [0.1, 0.15) is 32.2 Å². The van der Waals surface area contributed by atoms with Crippen LogP contribution in [0.15, 0.2) is 52.9 Å². The van der Waals surface area contributed by atoms with Crippen LogP contribution in [-0.4, -0.2) is 10.2 Å². The minimum absolute atomic E-state index is 0.120. The summed E-state index contributed by atoms with van der Waals surface area (Å²) in [7, 11) is 0. The smallest absolute Gasteiger partial charge is 0.254 e. The molecule has 0 aliphatic heterocycles. The summed E-state index contributed by atoms with van der Waals surface area (Å²) in [6, 6.07) is 15.4. The first kappa shape index (κ1) is 16.5. The van der Waals surface area contributed by atoms with Crippen LogP contribution in [0.4, 0.5) is 0 Å². The van der Waals surface area contributed by atoms with Crippen LogP contribution in [0.5, 0.6) is 5.75 Å². The van der Waals surface area contributed by atoms with Gasteiger partial charge in [-0.2, -0.15) is 0 Å². The Morgan fingerprint density at radius 3 is 2.38 bits per heavy atom. The molecule has 0 unspecified atom stereocenters. The molecule has 0 radical (unpaired) electrons. The van der Waals surface area contributed by atoms with E-state index in [0.29, 0.717) is 22.4 Å². The average molecular weight is 343 g/mol. The molecular formula is C19H19ClN2O2. The van der Waals surface area contributed by atoms with Gasteiger partial charge in [-0.3, -0.25) is 0 Å². The van der Waals surface area contributed by atoms with Gasteiger partial charge in [0.25, 0.3) is 5.89 Å². The molecule has 3 rings (SSSR count). The van der Waals surface area contributed by atoms with Crippen molar-refractivity contribution >= 4 is 11.6 Å². The van der Waals surface area contributed by atoms with Gasteiger partial charge in [0.05, 0.1) is 10.6 Å². The molecule has 1 aromatic heterocycles. The third-order valence-corrected chi connectivity index (χ3v) is 3.98. The Morgan fingerprint density at radius 2 is 1.71 bits per heavy atom. The van der Waals surface area contributed by atoms with Crippen molar-refractivity contribution < 1.29 is 9.15 Å². The summed E-state index contributed by atoms with van der Waals surface area (Å²) in [5, 5.41) is 8.61. The van der Waals surface area contributed by atoms with Crippen LogP contribution in [0.25, 0.3) is 11.5 Å². The molecule has 1 heterocycles. The van der Waals surface area contributed by atoms with E-state index in [1.54, 1.807) is 6.07 Å². The van der Waals surface area contributed by atoms with Crippen molar-refractivity contribution in [3.05, 3.63) is 65.0 Å². The van der Waals surface area contributed by atoms with Gasteiger partial charge in [0.15, 0.2) is 6.61 Å². The Bertz CT molecular complexity index is 820. The van der Waals surface area contributed by atoms with E-state index in [-0.39, 0.29) is 12.0 Å². The third-order valence-electron chi connectivity index (χ3n) is 3.65. The van der Waals surface area contributed by atoms with Crippen molar-refractivity contribution in [3.63, 3.8) is 0 Å². The average Bonchev–Trinajstić information content (AvgIpc) is 3.02. The van der Waals surface area contributed by atoms with Crippen LogP contribution < -0.4 is 4.74 Å². The van der Waals surface area contributed by atoms with E-state index in [1.165, 1.54) is 5.56 Å². The van der Waals surface area contributed by atoms with Gasteiger partial charge < -0.3 is 9.15 Å². The van der Waals surface area contributed by atoms with Crippen LogP contribution >= 0.6 is 11.6 Å². The largest absolute Gasteiger partial charge is 0.484 e. The molecule has 0 N–H and O–H groups in total. The monoisotopic (exact) mass is 342 g/mol. The number of aromatic nitrogens is 2. The van der Waals surface area contributed by atoms with Gasteiger partial charge in [-0.1, -0.05) is 56.6 Å². The Kier molecular flexibility index (Phi) is 4.58. The predicted molar refractivity (Wildman–Crippen MR) is 94.2 cm³/mol. The topological polar surface area (TPSA) is 48.2 Å². The maximum absolute atomic E-state index is 6.13. The summed E-state index contributed by atoms with van der Waals surface area (Å²) < 4.78 is 11.3. The maximum Gasteiger partial charge on any atom is 0.254 e. The summed E-state index contributed by atoms with van der Waals surface area (Å²) in [6.07, 6.45) is 0. The summed E-state index contributed by atoms with van der Waals surface area (Å²) in [5.41, 5.74) is 2.09. The second-order valence-corrected chi connectivity index (χ2v) is 6.95. The molecule has 0 saturated heterocycles. The SMILES string of the molecule is CC(C)(C)c1ccc(OCc2nnc(-c3ccccc3Cl)o2)cc1. The number of nitrogens with zero attached hydrogens (tertiary/aromatic N) is 2. The molecule has 3 aromatic rings. The van der Waals surface area contributed by atoms with Crippen molar-refractivity contribution in [1.29, 1.82) is 0 Å². The zero-order valence-electron chi connectivity index (χ0n) is 13.9. The molecule has 0 amide bonds. The van der Waals surface area contributed by atoms with Gasteiger partial charge >= 0.3 is 0 Å². The van der Waals surface area contributed by atoms with Gasteiger partial charge in [0, 0.05) is 0 Å². The molecule has 0 fully saturated rings. The lowest BCUT2D eigenvalue weighted by Crippen LogP contribution is -2.10. The molecule has 0 saturated carbocycles. The lowest BCUT2D eigenvalue weighted by Gasteiger charge is -2.19. The van der Waals surface area contributed by atoms with E-state index >= 15 is 0 Å². The summed E-state index contributed by atoms with van der Waals surface area (Å²) in [5.74, 6) is 1.56. The molecule has 124 valence electrons. The standard InChI is InChI=1S/C19H19ClN2O2/c1-19(2,3)13-8-10-14(11-9-13)23-12-17-21-22-18(24-17)15-6-4-5-7-16(15)20/h4-11H,12H2,1-3H3. The zero-order valence-corrected chi connectivity index (χ0v) is 14.7. The molecule has 4 nitrogen and oxygen atoms in total. The van der Waals surface area contributed by atoms with Crippen molar-refractivity contribution in [3.8, 4) is 17.2 Å². The number of hydrogen-bond donors (Lipinski definition) is 0. The molecule has 0 spiro atoms. The fourth-order valence-electron chi connectivity index (χ4n) is 2.25. The summed E-state index contributed by atoms with van der Waals surface area (Å²) in [6.45, 7) is 6.75. The maximum atomic E-state index is 6.13. The van der Waals surface area contributed by atoms with Crippen molar-refractivity contribution in [2.24, 2.45) is 0 Å². The molecule has 0 aliphatic carbocycles. The summed E-state index contributed by atoms with van der Waals surface area (Å²) >= 11 is 6.13. The number of ether oxygens (including phenoxy) is 1. The first-order chi connectivity index (χ1) is 11.4. The van der Waals surface area contributed by atoms with E-state index in [2.05, 4.69) is 43.1 Å². The van der Waals surface area contributed by atoms with E-state index in [9.17, 15) is 0 Å². The highest BCUT2D eigenvalue weighted by Gasteiger charge is 2.14. The van der Waals surface area contributed by atoms with Crippen molar-refractivity contribution in [1.82, 2.24) is 10.2 Å². The fourth-order valence-corrected chi connectivity index (χ4v) is 2.47. The second-order valence-electron chi connectivity index (χ2n) is 6.54. The van der Waals surface area contributed by atoms with Gasteiger partial charge in [-0.15, -0.1) is 10.2 Å². The highest BCUT2D eigenvalue weighted by atomic mass is 35.5. The van der Waals surface area contributed by atoms with Crippen molar-refractivity contribution in [2.45, 2.75) is 32.8 Å². The summed E-state index contributed by atoms with van der Waals surface area (Å²) in [4.78, 5) is 0. The van der Waals surface area contributed by atoms with Crippen LogP contribution in [0.3, 0.4) is 0 Å².